The molecule has 0 heterocycles. The summed E-state index contributed by atoms with van der Waals surface area (Å²) in [6, 6.07) is 0. The molecule has 19 heteroatoms. The van der Waals surface area contributed by atoms with Crippen LogP contribution in [0.25, 0.3) is 0 Å². The number of unbranched alkanes of at least 4 members (excludes halogenated alkanes) is 40. The fourth-order valence-electron chi connectivity index (χ4n) is 10.8. The van der Waals surface area contributed by atoms with E-state index in [0.717, 1.165) is 108 Å². The number of aliphatic hydroxyl groups excluding tert-OH is 1. The van der Waals surface area contributed by atoms with Gasteiger partial charge in [-0.25, -0.2) is 9.13 Å². The van der Waals surface area contributed by atoms with Crippen LogP contribution in [0, 0.1) is 11.8 Å². The number of hydrogen-bond acceptors (Lipinski definition) is 15. The molecule has 5 atom stereocenters. The van der Waals surface area contributed by atoms with Crippen molar-refractivity contribution in [3.05, 3.63) is 0 Å². The average molecular weight is 1330 g/mol. The molecule has 534 valence electrons. The maximum atomic E-state index is 13.0. The van der Waals surface area contributed by atoms with Crippen LogP contribution in [-0.2, 0) is 65.4 Å². The maximum Gasteiger partial charge on any atom is 0.472 e. The molecule has 17 nitrogen and oxygen atoms in total. The first kappa shape index (κ1) is 88.1. The third kappa shape index (κ3) is 64.8. The van der Waals surface area contributed by atoms with Crippen molar-refractivity contribution in [3.63, 3.8) is 0 Å². The summed E-state index contributed by atoms with van der Waals surface area (Å²) in [5.74, 6) is -0.636. The highest BCUT2D eigenvalue weighted by Crippen LogP contribution is 2.45. The molecule has 0 aliphatic carbocycles. The summed E-state index contributed by atoms with van der Waals surface area (Å²) >= 11 is 0. The number of rotatable bonds is 70. The first-order valence-corrected chi connectivity index (χ1v) is 40.0. The molecule has 0 saturated heterocycles. The van der Waals surface area contributed by atoms with Crippen molar-refractivity contribution in [2.24, 2.45) is 11.8 Å². The summed E-state index contributed by atoms with van der Waals surface area (Å²) in [7, 11) is -9.90. The van der Waals surface area contributed by atoms with Crippen molar-refractivity contribution >= 4 is 39.5 Å². The summed E-state index contributed by atoms with van der Waals surface area (Å²) in [4.78, 5) is 72.5. The molecule has 0 rings (SSSR count). The first-order valence-electron chi connectivity index (χ1n) is 37.0. The Morgan fingerprint density at radius 2 is 0.511 bits per heavy atom. The molecule has 0 saturated carbocycles. The lowest BCUT2D eigenvalue weighted by atomic mass is 10.0. The Balaban J connectivity index is 5.22. The van der Waals surface area contributed by atoms with Crippen LogP contribution < -0.4 is 0 Å². The second-order valence-electron chi connectivity index (χ2n) is 26.6. The molecule has 0 bridgehead atoms. The lowest BCUT2D eigenvalue weighted by Crippen LogP contribution is -2.30. The predicted octanol–water partition coefficient (Wildman–Crippen LogP) is 20.4. The molecule has 0 amide bonds. The fraction of sp³-hybridized carbons (Fsp3) is 0.944. The van der Waals surface area contributed by atoms with Gasteiger partial charge in [-0.3, -0.25) is 37.3 Å². The number of phosphoric ester groups is 2. The first-order chi connectivity index (χ1) is 43.4. The molecule has 0 aromatic rings. The Morgan fingerprint density at radius 1 is 0.300 bits per heavy atom. The van der Waals surface area contributed by atoms with Crippen LogP contribution in [0.2, 0.25) is 0 Å². The van der Waals surface area contributed by atoms with Crippen molar-refractivity contribution < 1.29 is 80.2 Å². The molecule has 0 aliphatic rings. The molecule has 0 aliphatic heterocycles. The highest BCUT2D eigenvalue weighted by atomic mass is 31.2. The SMILES string of the molecule is CCCCCCCCCCCCCCCCCCCC(=O)O[C@H](COC(=O)CCCCCCCCCCCCCC(C)C)COP(=O)(O)OC[C@@H](O)COP(=O)(O)OC[C@@H](COC(=O)CCCCCCCCCC)OC(=O)CCCCCCCCCCC(C)C. The molecule has 90 heavy (non-hydrogen) atoms. The highest BCUT2D eigenvalue weighted by molar-refractivity contribution is 7.47. The number of phosphoric acid groups is 2. The molecule has 2 unspecified atom stereocenters. The van der Waals surface area contributed by atoms with Crippen LogP contribution in [0.15, 0.2) is 0 Å². The average Bonchev–Trinajstić information content (AvgIpc) is 3.62. The van der Waals surface area contributed by atoms with E-state index in [1.54, 1.807) is 0 Å². The van der Waals surface area contributed by atoms with Crippen molar-refractivity contribution in [1.29, 1.82) is 0 Å². The molecular weight excluding hydrogens is 1190 g/mol. The van der Waals surface area contributed by atoms with Crippen LogP contribution in [0.3, 0.4) is 0 Å². The third-order valence-corrected chi connectivity index (χ3v) is 18.4. The second kappa shape index (κ2) is 63.1. The van der Waals surface area contributed by atoms with Gasteiger partial charge in [-0.15, -0.1) is 0 Å². The molecule has 0 radical (unpaired) electrons. The lowest BCUT2D eigenvalue weighted by molar-refractivity contribution is -0.161. The number of esters is 4. The lowest BCUT2D eigenvalue weighted by Gasteiger charge is -2.21. The molecule has 0 aromatic carbocycles. The van der Waals surface area contributed by atoms with Crippen molar-refractivity contribution in [1.82, 2.24) is 0 Å². The molecule has 3 N–H and O–H groups in total. The summed E-state index contributed by atoms with van der Waals surface area (Å²) < 4.78 is 68.3. The Labute approximate surface area is 549 Å². The maximum absolute atomic E-state index is 13.0. The van der Waals surface area contributed by atoms with Gasteiger partial charge in [0.25, 0.3) is 0 Å². The van der Waals surface area contributed by atoms with Gasteiger partial charge in [0.1, 0.15) is 19.3 Å². The van der Waals surface area contributed by atoms with E-state index in [4.69, 9.17) is 37.0 Å². The number of carbonyl (C=O) groups is 4. The summed E-state index contributed by atoms with van der Waals surface area (Å²) in [5, 5.41) is 10.6. The van der Waals surface area contributed by atoms with E-state index in [2.05, 4.69) is 41.5 Å². The Kier molecular flexibility index (Phi) is 61.8. The largest absolute Gasteiger partial charge is 0.472 e. The molecule has 0 spiro atoms. The van der Waals surface area contributed by atoms with E-state index in [-0.39, 0.29) is 25.7 Å². The number of ether oxygens (including phenoxy) is 4. The second-order valence-corrected chi connectivity index (χ2v) is 29.5. The van der Waals surface area contributed by atoms with Crippen LogP contribution >= 0.6 is 15.6 Å². The topological polar surface area (TPSA) is 237 Å². The number of aliphatic hydroxyl groups is 1. The molecular formula is C71H138O17P2. The summed E-state index contributed by atoms with van der Waals surface area (Å²) in [5.41, 5.74) is 0. The van der Waals surface area contributed by atoms with Crippen LogP contribution in [0.5, 0.6) is 0 Å². The number of carbonyl (C=O) groups excluding carboxylic acids is 4. The summed E-state index contributed by atoms with van der Waals surface area (Å²) in [6.07, 6.45) is 48.7. The van der Waals surface area contributed by atoms with Gasteiger partial charge in [-0.2, -0.15) is 0 Å². The van der Waals surface area contributed by atoms with Gasteiger partial charge < -0.3 is 33.8 Å². The Morgan fingerprint density at radius 3 is 0.756 bits per heavy atom. The monoisotopic (exact) mass is 1320 g/mol. The van der Waals surface area contributed by atoms with E-state index >= 15 is 0 Å². The standard InChI is InChI=1S/C71H138O17P2/c1-7-9-11-13-15-17-18-19-20-21-22-23-26-30-37-43-49-55-70(75)87-67(60-82-69(74)54-48-42-36-29-27-24-25-28-33-39-45-51-63(3)4)62-86-90(79,80)84-58-65(72)57-83-89(77,78)85-61-66(59-81-68(73)53-47-41-35-16-14-12-10-8-2)88-71(76)56-50-44-38-32-31-34-40-46-52-64(5)6/h63-67,72H,7-62H2,1-6H3,(H,77,78)(H,79,80)/t65-,66+,67+/m0/s1. The van der Waals surface area contributed by atoms with Gasteiger partial charge in [0.15, 0.2) is 12.2 Å². The zero-order chi connectivity index (χ0) is 66.5. The van der Waals surface area contributed by atoms with Crippen LogP contribution in [0.1, 0.15) is 363 Å². The fourth-order valence-corrected chi connectivity index (χ4v) is 12.3. The minimum atomic E-state index is -4.95. The Bertz CT molecular complexity index is 1750. The zero-order valence-electron chi connectivity index (χ0n) is 58.4. The quantitative estimate of drug-likeness (QED) is 0.0222. The summed E-state index contributed by atoms with van der Waals surface area (Å²) in [6.45, 7) is 9.50. The number of hydrogen-bond donors (Lipinski definition) is 3. The van der Waals surface area contributed by atoms with Gasteiger partial charge in [0, 0.05) is 25.7 Å². The zero-order valence-corrected chi connectivity index (χ0v) is 60.2. The minimum Gasteiger partial charge on any atom is -0.462 e. The van der Waals surface area contributed by atoms with E-state index < -0.39 is 97.5 Å². The molecule has 0 aromatic heterocycles. The minimum absolute atomic E-state index is 0.104. The van der Waals surface area contributed by atoms with E-state index in [1.165, 1.54) is 173 Å². The highest BCUT2D eigenvalue weighted by Gasteiger charge is 2.30. The van der Waals surface area contributed by atoms with Gasteiger partial charge in [-0.05, 0) is 37.5 Å². The smallest absolute Gasteiger partial charge is 0.462 e. The normalized spacial score (nSPS) is 14.1. The van der Waals surface area contributed by atoms with E-state index in [9.17, 15) is 43.2 Å². The van der Waals surface area contributed by atoms with E-state index in [1.807, 2.05) is 0 Å². The van der Waals surface area contributed by atoms with Crippen molar-refractivity contribution in [3.8, 4) is 0 Å². The van der Waals surface area contributed by atoms with Crippen LogP contribution in [-0.4, -0.2) is 96.7 Å². The van der Waals surface area contributed by atoms with Gasteiger partial charge in [0.2, 0.25) is 0 Å². The predicted molar refractivity (Wildman–Crippen MR) is 363 cm³/mol. The van der Waals surface area contributed by atoms with Crippen LogP contribution in [0.4, 0.5) is 0 Å². The molecule has 0 fully saturated rings. The van der Waals surface area contributed by atoms with Gasteiger partial charge in [0.05, 0.1) is 26.4 Å². The Hall–Kier alpha value is -1.94. The third-order valence-electron chi connectivity index (χ3n) is 16.5. The van der Waals surface area contributed by atoms with Gasteiger partial charge in [-0.1, -0.05) is 311 Å². The van der Waals surface area contributed by atoms with Crippen molar-refractivity contribution in [2.75, 3.05) is 39.6 Å². The van der Waals surface area contributed by atoms with E-state index in [0.29, 0.717) is 25.7 Å². The van der Waals surface area contributed by atoms with Gasteiger partial charge >= 0.3 is 39.5 Å². The van der Waals surface area contributed by atoms with Crippen molar-refractivity contribution in [2.45, 2.75) is 381 Å².